The Balaban J connectivity index is 1.41. The summed E-state index contributed by atoms with van der Waals surface area (Å²) in [7, 11) is 4.01. The molecule has 5 aromatic heterocycles. The lowest BCUT2D eigenvalue weighted by atomic mass is 10.0. The van der Waals surface area contributed by atoms with Crippen LogP contribution < -0.4 is 5.32 Å². The predicted molar refractivity (Wildman–Crippen MR) is 145 cm³/mol. The summed E-state index contributed by atoms with van der Waals surface area (Å²) < 4.78 is 14.6. The number of nitrogens with zero attached hydrogens (tertiary/aromatic N) is 5. The summed E-state index contributed by atoms with van der Waals surface area (Å²) in [5.41, 5.74) is 7.45. The van der Waals surface area contributed by atoms with Crippen LogP contribution in [0.1, 0.15) is 0 Å². The molecule has 3 N–H and O–H groups in total. The minimum atomic E-state index is -0.300. The van der Waals surface area contributed by atoms with Crippen molar-refractivity contribution in [1.82, 2.24) is 35.0 Å². The molecular weight excluding hydrogens is 467 g/mol. The number of fused-ring (bicyclic) bond motifs is 2. The molecule has 0 amide bonds. The van der Waals surface area contributed by atoms with Crippen LogP contribution in [0.25, 0.3) is 55.6 Å². The molecule has 0 unspecified atom stereocenters. The lowest BCUT2D eigenvalue weighted by Crippen LogP contribution is -2.20. The van der Waals surface area contributed by atoms with Crippen LogP contribution >= 0.6 is 0 Å². The van der Waals surface area contributed by atoms with Crippen LogP contribution in [0, 0.1) is 5.82 Å². The molecule has 184 valence electrons. The van der Waals surface area contributed by atoms with E-state index >= 15 is 0 Å². The van der Waals surface area contributed by atoms with Gasteiger partial charge in [0.1, 0.15) is 11.5 Å². The van der Waals surface area contributed by atoms with Crippen LogP contribution in [0.5, 0.6) is 0 Å². The third-order valence-corrected chi connectivity index (χ3v) is 6.33. The molecule has 0 bridgehead atoms. The smallest absolute Gasteiger partial charge is 0.155 e. The fourth-order valence-corrected chi connectivity index (χ4v) is 4.49. The van der Waals surface area contributed by atoms with Gasteiger partial charge in [0.2, 0.25) is 0 Å². The topological polar surface area (TPSA) is 98.4 Å². The normalized spacial score (nSPS) is 11.6. The van der Waals surface area contributed by atoms with E-state index in [2.05, 4.69) is 46.4 Å². The fraction of sp³-hybridized carbons (Fsp3) is 0.143. The minimum Gasteiger partial charge on any atom is -0.384 e. The lowest BCUT2D eigenvalue weighted by Gasteiger charge is -2.13. The Hall–Kier alpha value is -4.63. The van der Waals surface area contributed by atoms with Gasteiger partial charge in [0, 0.05) is 65.5 Å². The first kappa shape index (κ1) is 22.8. The highest BCUT2D eigenvalue weighted by atomic mass is 19.1. The summed E-state index contributed by atoms with van der Waals surface area (Å²) in [5.74, 6) is -0.300. The number of H-pyrrole nitrogens is 2. The zero-order chi connectivity index (χ0) is 25.4. The molecule has 8 nitrogen and oxygen atoms in total. The first-order valence-corrected chi connectivity index (χ1v) is 12.0. The van der Waals surface area contributed by atoms with Crippen molar-refractivity contribution in [2.75, 3.05) is 32.5 Å². The number of halogens is 1. The van der Waals surface area contributed by atoms with Crippen molar-refractivity contribution in [3.8, 4) is 33.6 Å². The predicted octanol–water partition coefficient (Wildman–Crippen LogP) is 5.34. The third kappa shape index (κ3) is 4.52. The van der Waals surface area contributed by atoms with Gasteiger partial charge in [-0.15, -0.1) is 0 Å². The SMILES string of the molecule is CN(C)CCNc1cc(F)cc(-c2cncc3[nH]c(-c4n[nH]c5ncc(-c6ccncc6)cc45)cc23)c1. The molecule has 0 saturated carbocycles. The molecule has 5 heterocycles. The van der Waals surface area contributed by atoms with Crippen LogP contribution in [0.2, 0.25) is 0 Å². The number of nitrogens with one attached hydrogen (secondary N) is 3. The Morgan fingerprint density at radius 1 is 0.892 bits per heavy atom. The van der Waals surface area contributed by atoms with E-state index in [-0.39, 0.29) is 5.82 Å². The van der Waals surface area contributed by atoms with Gasteiger partial charge in [0.25, 0.3) is 0 Å². The summed E-state index contributed by atoms with van der Waals surface area (Å²) in [5, 5.41) is 12.7. The monoisotopic (exact) mass is 492 g/mol. The largest absolute Gasteiger partial charge is 0.384 e. The van der Waals surface area contributed by atoms with Gasteiger partial charge in [-0.3, -0.25) is 15.1 Å². The van der Waals surface area contributed by atoms with E-state index in [1.807, 2.05) is 44.6 Å². The van der Waals surface area contributed by atoms with Crippen LogP contribution in [-0.4, -0.2) is 62.2 Å². The highest BCUT2D eigenvalue weighted by Gasteiger charge is 2.16. The number of hydrogen-bond donors (Lipinski definition) is 3. The maximum Gasteiger partial charge on any atom is 0.155 e. The van der Waals surface area contributed by atoms with Crippen molar-refractivity contribution >= 4 is 27.6 Å². The van der Waals surface area contributed by atoms with E-state index in [0.29, 0.717) is 12.2 Å². The molecule has 0 fully saturated rings. The zero-order valence-corrected chi connectivity index (χ0v) is 20.5. The molecular formula is C28H25FN8. The van der Waals surface area contributed by atoms with Gasteiger partial charge in [-0.25, -0.2) is 9.37 Å². The first-order valence-electron chi connectivity index (χ1n) is 12.0. The van der Waals surface area contributed by atoms with Crippen molar-refractivity contribution in [3.05, 3.63) is 79.3 Å². The van der Waals surface area contributed by atoms with Gasteiger partial charge < -0.3 is 15.2 Å². The molecule has 0 spiro atoms. The molecule has 6 aromatic rings. The van der Waals surface area contributed by atoms with Crippen molar-refractivity contribution in [1.29, 1.82) is 0 Å². The average molecular weight is 493 g/mol. The first-order chi connectivity index (χ1) is 18.0. The number of pyridine rings is 3. The quantitative estimate of drug-likeness (QED) is 0.278. The molecule has 9 heteroatoms. The summed E-state index contributed by atoms with van der Waals surface area (Å²) in [6.07, 6.45) is 8.88. The third-order valence-electron chi connectivity index (χ3n) is 6.33. The number of aromatic amines is 2. The lowest BCUT2D eigenvalue weighted by molar-refractivity contribution is 0.425. The fourth-order valence-electron chi connectivity index (χ4n) is 4.49. The second kappa shape index (κ2) is 9.44. The number of anilines is 1. The summed E-state index contributed by atoms with van der Waals surface area (Å²) in [6, 6.07) is 13.0. The number of benzene rings is 1. The van der Waals surface area contributed by atoms with E-state index in [4.69, 9.17) is 0 Å². The molecule has 0 aliphatic rings. The van der Waals surface area contributed by atoms with Crippen molar-refractivity contribution in [3.63, 3.8) is 0 Å². The van der Waals surface area contributed by atoms with Gasteiger partial charge in [0.05, 0.1) is 17.4 Å². The Labute approximate surface area is 212 Å². The molecule has 0 aliphatic heterocycles. The van der Waals surface area contributed by atoms with Gasteiger partial charge in [-0.05, 0) is 67.7 Å². The standard InChI is InChI=1S/C28H25FN8/c1-37(2)8-7-32-21-10-18(9-20(29)12-21)24-15-31-16-26-22(24)13-25(34-26)27-23-11-19(14-33-28(23)36-35-27)17-3-5-30-6-4-17/h3-6,9-16,32,34H,7-8H2,1-2H3,(H,33,35,36). The summed E-state index contributed by atoms with van der Waals surface area (Å²) >= 11 is 0. The second-order valence-electron chi connectivity index (χ2n) is 9.22. The summed E-state index contributed by atoms with van der Waals surface area (Å²) in [4.78, 5) is 18.6. The second-order valence-corrected chi connectivity index (χ2v) is 9.22. The average Bonchev–Trinajstić information content (AvgIpc) is 3.52. The molecule has 1 aromatic carbocycles. The maximum absolute atomic E-state index is 14.6. The van der Waals surface area contributed by atoms with Crippen molar-refractivity contribution in [2.45, 2.75) is 0 Å². The van der Waals surface area contributed by atoms with E-state index in [1.54, 1.807) is 24.8 Å². The Morgan fingerprint density at radius 3 is 2.59 bits per heavy atom. The van der Waals surface area contributed by atoms with Crippen LogP contribution in [-0.2, 0) is 0 Å². The highest BCUT2D eigenvalue weighted by molar-refractivity contribution is 6.00. The van der Waals surface area contributed by atoms with Gasteiger partial charge >= 0.3 is 0 Å². The number of hydrogen-bond acceptors (Lipinski definition) is 6. The van der Waals surface area contributed by atoms with E-state index in [9.17, 15) is 4.39 Å². The van der Waals surface area contributed by atoms with Gasteiger partial charge in [0.15, 0.2) is 5.65 Å². The van der Waals surface area contributed by atoms with Crippen LogP contribution in [0.3, 0.4) is 0 Å². The molecule has 6 rings (SSSR count). The zero-order valence-electron chi connectivity index (χ0n) is 20.5. The van der Waals surface area contributed by atoms with Crippen molar-refractivity contribution in [2.24, 2.45) is 0 Å². The van der Waals surface area contributed by atoms with E-state index in [0.717, 1.165) is 62.2 Å². The number of aromatic nitrogens is 6. The van der Waals surface area contributed by atoms with E-state index < -0.39 is 0 Å². The summed E-state index contributed by atoms with van der Waals surface area (Å²) in [6.45, 7) is 1.56. The molecule has 37 heavy (non-hydrogen) atoms. The van der Waals surface area contributed by atoms with Gasteiger partial charge in [-0.2, -0.15) is 5.10 Å². The Kier molecular flexibility index (Phi) is 5.82. The Morgan fingerprint density at radius 2 is 1.76 bits per heavy atom. The van der Waals surface area contributed by atoms with Crippen LogP contribution in [0.15, 0.2) is 73.4 Å². The van der Waals surface area contributed by atoms with Crippen molar-refractivity contribution < 1.29 is 4.39 Å². The minimum absolute atomic E-state index is 0.300. The number of likely N-dealkylation sites (N-methyl/N-ethyl adjacent to an activating group) is 1. The highest BCUT2D eigenvalue weighted by Crippen LogP contribution is 2.35. The molecule has 0 radical (unpaired) electrons. The Bertz CT molecular complexity index is 1700. The number of rotatable bonds is 7. The van der Waals surface area contributed by atoms with Gasteiger partial charge in [-0.1, -0.05) is 0 Å². The van der Waals surface area contributed by atoms with Crippen LogP contribution in [0.4, 0.5) is 10.1 Å². The molecule has 0 aliphatic carbocycles. The maximum atomic E-state index is 14.6. The van der Waals surface area contributed by atoms with E-state index in [1.165, 1.54) is 12.1 Å². The molecule has 0 saturated heterocycles. The molecule has 0 atom stereocenters.